The molecule has 1 heterocycles. The highest BCUT2D eigenvalue weighted by atomic mass is 16.6. The van der Waals surface area contributed by atoms with Gasteiger partial charge in [0, 0.05) is 0 Å². The van der Waals surface area contributed by atoms with Crippen molar-refractivity contribution in [1.29, 1.82) is 0 Å². The van der Waals surface area contributed by atoms with Gasteiger partial charge in [0.05, 0.1) is 78.8 Å². The normalized spacial score (nSPS) is 21.0. The fourth-order valence-corrected chi connectivity index (χ4v) is 5.29. The van der Waals surface area contributed by atoms with Crippen LogP contribution in [-0.2, 0) is 57.0 Å². The zero-order valence-electron chi connectivity index (χ0n) is 33.5. The van der Waals surface area contributed by atoms with E-state index in [1.807, 2.05) is 6.92 Å². The Hall–Kier alpha value is -1.38. The fourth-order valence-electron chi connectivity index (χ4n) is 5.29. The number of rotatable bonds is 22. The summed E-state index contributed by atoms with van der Waals surface area (Å²) in [6, 6.07) is 0. The minimum atomic E-state index is -0.789. The van der Waals surface area contributed by atoms with Crippen LogP contribution in [0.3, 0.4) is 0 Å². The van der Waals surface area contributed by atoms with E-state index in [0.717, 1.165) is 12.8 Å². The van der Waals surface area contributed by atoms with Crippen molar-refractivity contribution in [2.75, 3.05) is 85.9 Å². The molecule has 0 N–H and O–H groups in total. The Morgan fingerprint density at radius 1 is 0.686 bits per heavy atom. The lowest BCUT2D eigenvalue weighted by Gasteiger charge is -2.30. The molecule has 1 fully saturated rings. The van der Waals surface area contributed by atoms with E-state index >= 15 is 0 Å². The Bertz CT molecular complexity index is 871. The van der Waals surface area contributed by atoms with E-state index < -0.39 is 34.8 Å². The molecule has 1 aliphatic rings. The summed E-state index contributed by atoms with van der Waals surface area (Å²) in [6.45, 7) is 18.0. The zero-order chi connectivity index (χ0) is 37.9. The van der Waals surface area contributed by atoms with Crippen LogP contribution in [0, 0.1) is 0 Å². The third-order valence-electron chi connectivity index (χ3n) is 7.73. The maximum Gasteiger partial charge on any atom is 0.332 e. The SMILES string of the molecule is CCCCCCCCCCCCC1COCCOC(C)(COCC(COCC(=O)OC(C)(C)C)OCC(=O)OC(C)(C)C)COCCOCCO1. The lowest BCUT2D eigenvalue weighted by atomic mass is 10.0. The van der Waals surface area contributed by atoms with Crippen molar-refractivity contribution in [1.82, 2.24) is 0 Å². The van der Waals surface area contributed by atoms with E-state index in [0.29, 0.717) is 46.2 Å². The van der Waals surface area contributed by atoms with Crippen LogP contribution in [0.4, 0.5) is 0 Å². The van der Waals surface area contributed by atoms with Gasteiger partial charge in [0.25, 0.3) is 0 Å². The summed E-state index contributed by atoms with van der Waals surface area (Å²) in [5, 5.41) is 0. The number of carbonyl (C=O) groups excluding carboxylic acids is 2. The van der Waals surface area contributed by atoms with Crippen LogP contribution in [0.5, 0.6) is 0 Å². The van der Waals surface area contributed by atoms with Crippen molar-refractivity contribution in [3.8, 4) is 0 Å². The van der Waals surface area contributed by atoms with Crippen LogP contribution in [0.25, 0.3) is 0 Å². The van der Waals surface area contributed by atoms with Gasteiger partial charge >= 0.3 is 11.9 Å². The van der Waals surface area contributed by atoms with Gasteiger partial charge in [-0.1, -0.05) is 71.1 Å². The average Bonchev–Trinajstić information content (AvgIpc) is 3.03. The molecule has 12 heteroatoms. The highest BCUT2D eigenvalue weighted by molar-refractivity contribution is 5.71. The molecule has 3 atom stereocenters. The molecule has 0 aromatic carbocycles. The monoisotopic (exact) mass is 735 g/mol. The van der Waals surface area contributed by atoms with Crippen LogP contribution in [-0.4, -0.2) is 127 Å². The smallest absolute Gasteiger partial charge is 0.332 e. The molecule has 0 amide bonds. The van der Waals surface area contributed by atoms with Crippen molar-refractivity contribution in [3.63, 3.8) is 0 Å². The summed E-state index contributed by atoms with van der Waals surface area (Å²) in [5.41, 5.74) is -2.06. The van der Waals surface area contributed by atoms with Gasteiger partial charge in [0.15, 0.2) is 0 Å². The van der Waals surface area contributed by atoms with Crippen LogP contribution >= 0.6 is 0 Å². The third kappa shape index (κ3) is 29.7. The first-order chi connectivity index (χ1) is 24.2. The third-order valence-corrected chi connectivity index (χ3v) is 7.73. The quantitative estimate of drug-likeness (QED) is 0.0876. The number of unbranched alkanes of at least 4 members (excludes halogenated alkanes) is 9. The van der Waals surface area contributed by atoms with Gasteiger partial charge in [0.1, 0.15) is 36.1 Å². The molecule has 1 rings (SSSR count). The minimum absolute atomic E-state index is 0.00362. The Kier molecular flexibility index (Phi) is 26.3. The van der Waals surface area contributed by atoms with E-state index in [9.17, 15) is 9.59 Å². The predicted octanol–water partition coefficient (Wildman–Crippen LogP) is 6.62. The molecule has 0 spiro atoms. The molecular weight excluding hydrogens is 660 g/mol. The van der Waals surface area contributed by atoms with Crippen molar-refractivity contribution in [3.05, 3.63) is 0 Å². The number of ether oxygens (including phenoxy) is 10. The van der Waals surface area contributed by atoms with Crippen LogP contribution in [0.2, 0.25) is 0 Å². The molecule has 1 saturated heterocycles. The molecule has 1 aliphatic heterocycles. The molecular formula is C39H74O12. The van der Waals surface area contributed by atoms with Gasteiger partial charge in [-0.3, -0.25) is 0 Å². The van der Waals surface area contributed by atoms with Crippen molar-refractivity contribution in [2.45, 2.75) is 155 Å². The Morgan fingerprint density at radius 3 is 1.88 bits per heavy atom. The van der Waals surface area contributed by atoms with Gasteiger partial charge < -0.3 is 47.4 Å². The first-order valence-corrected chi connectivity index (χ1v) is 19.4. The van der Waals surface area contributed by atoms with E-state index in [1.54, 1.807) is 41.5 Å². The van der Waals surface area contributed by atoms with Crippen molar-refractivity contribution >= 4 is 11.9 Å². The van der Waals surface area contributed by atoms with E-state index in [4.69, 9.17) is 47.4 Å². The maximum absolute atomic E-state index is 12.3. The average molecular weight is 735 g/mol. The highest BCUT2D eigenvalue weighted by Crippen LogP contribution is 2.16. The number of hydrogen-bond acceptors (Lipinski definition) is 12. The molecule has 0 radical (unpaired) electrons. The summed E-state index contributed by atoms with van der Waals surface area (Å²) in [7, 11) is 0. The molecule has 0 aromatic rings. The molecule has 0 saturated carbocycles. The second-order valence-corrected chi connectivity index (χ2v) is 15.6. The highest BCUT2D eigenvalue weighted by Gasteiger charge is 2.28. The lowest BCUT2D eigenvalue weighted by molar-refractivity contribution is -0.172. The molecule has 302 valence electrons. The minimum Gasteiger partial charge on any atom is -0.458 e. The van der Waals surface area contributed by atoms with Crippen LogP contribution in [0.1, 0.15) is 126 Å². The number of hydrogen-bond donors (Lipinski definition) is 0. The molecule has 12 nitrogen and oxygen atoms in total. The molecule has 51 heavy (non-hydrogen) atoms. The summed E-state index contributed by atoms with van der Waals surface area (Å²) < 4.78 is 58.1. The van der Waals surface area contributed by atoms with Gasteiger partial charge in [-0.05, 0) is 54.9 Å². The first-order valence-electron chi connectivity index (χ1n) is 19.4. The lowest BCUT2D eigenvalue weighted by Crippen LogP contribution is -2.42. The van der Waals surface area contributed by atoms with Crippen molar-refractivity contribution in [2.24, 2.45) is 0 Å². The molecule has 0 aliphatic carbocycles. The largest absolute Gasteiger partial charge is 0.458 e. The summed E-state index contributed by atoms with van der Waals surface area (Å²) >= 11 is 0. The van der Waals surface area contributed by atoms with Crippen LogP contribution in [0.15, 0.2) is 0 Å². The fraction of sp³-hybridized carbons (Fsp3) is 0.949. The van der Waals surface area contributed by atoms with Gasteiger partial charge in [0.2, 0.25) is 0 Å². The molecule has 0 aromatic heterocycles. The first kappa shape index (κ1) is 47.6. The van der Waals surface area contributed by atoms with Gasteiger partial charge in [-0.2, -0.15) is 0 Å². The predicted molar refractivity (Wildman–Crippen MR) is 196 cm³/mol. The summed E-state index contributed by atoms with van der Waals surface area (Å²) in [6.07, 6.45) is 13.3. The molecule has 3 unspecified atom stereocenters. The van der Waals surface area contributed by atoms with E-state index in [-0.39, 0.29) is 45.7 Å². The van der Waals surface area contributed by atoms with Crippen LogP contribution < -0.4 is 0 Å². The second kappa shape index (κ2) is 28.1. The van der Waals surface area contributed by atoms with E-state index in [1.165, 1.54) is 57.8 Å². The Labute approximate surface area is 309 Å². The van der Waals surface area contributed by atoms with Gasteiger partial charge in [-0.15, -0.1) is 0 Å². The van der Waals surface area contributed by atoms with Crippen molar-refractivity contribution < 1.29 is 57.0 Å². The summed E-state index contributed by atoms with van der Waals surface area (Å²) in [5.74, 6) is -1.01. The maximum atomic E-state index is 12.3. The molecule has 0 bridgehead atoms. The topological polar surface area (TPSA) is 126 Å². The Balaban J connectivity index is 2.59. The summed E-state index contributed by atoms with van der Waals surface area (Å²) in [4.78, 5) is 24.4. The van der Waals surface area contributed by atoms with E-state index in [2.05, 4.69) is 6.92 Å². The standard InChI is InChI=1S/C39H74O12/c1-9-10-11-12-13-14-15-16-17-18-19-33-26-43-23-25-49-39(8,31-44-21-20-42-22-24-47-33)32-46-28-34(48-30-36(41)51-38(5,6)7)27-45-29-35(40)50-37(2,3)4/h33-34H,9-32H2,1-8H3. The van der Waals surface area contributed by atoms with Gasteiger partial charge in [-0.25, -0.2) is 9.59 Å². The number of esters is 2. The Morgan fingerprint density at radius 2 is 1.24 bits per heavy atom. The second-order valence-electron chi connectivity index (χ2n) is 15.6. The zero-order valence-corrected chi connectivity index (χ0v) is 33.5. The number of carbonyl (C=O) groups is 2.